The number of rotatable bonds is 6. The van der Waals surface area contributed by atoms with Crippen LogP contribution in [-0.2, 0) is 17.6 Å². The summed E-state index contributed by atoms with van der Waals surface area (Å²) < 4.78 is 0. The van der Waals surface area contributed by atoms with Crippen LogP contribution in [-0.4, -0.2) is 19.5 Å². The molecule has 0 aliphatic carbocycles. The van der Waals surface area contributed by atoms with Gasteiger partial charge in [-0.1, -0.05) is 42.5 Å². The first kappa shape index (κ1) is 14.1. The lowest BCUT2D eigenvalue weighted by atomic mass is 10.1. The number of anilines is 1. The number of hydrogen-bond donors (Lipinski definition) is 2. The number of carbonyl (C=O) groups is 1. The average Bonchev–Trinajstić information content (AvgIpc) is 2.50. The van der Waals surface area contributed by atoms with Crippen molar-refractivity contribution >= 4 is 11.6 Å². The third-order valence-electron chi connectivity index (χ3n) is 3.18. The fourth-order valence-electron chi connectivity index (χ4n) is 2.01. The summed E-state index contributed by atoms with van der Waals surface area (Å²) in [7, 11) is 1.65. The lowest BCUT2D eigenvalue weighted by Crippen LogP contribution is -2.19. The van der Waals surface area contributed by atoms with E-state index in [9.17, 15) is 4.79 Å². The topological polar surface area (TPSA) is 41.1 Å². The maximum Gasteiger partial charge on any atom is 0.224 e. The van der Waals surface area contributed by atoms with Gasteiger partial charge in [0.2, 0.25) is 5.91 Å². The molecular formula is C17H20N2O. The van der Waals surface area contributed by atoms with Gasteiger partial charge in [0.25, 0.3) is 0 Å². The van der Waals surface area contributed by atoms with Crippen molar-refractivity contribution < 1.29 is 4.79 Å². The average molecular weight is 268 g/mol. The highest BCUT2D eigenvalue weighted by atomic mass is 16.1. The van der Waals surface area contributed by atoms with Crippen LogP contribution >= 0.6 is 0 Å². The summed E-state index contributed by atoms with van der Waals surface area (Å²) in [6.07, 6.45) is 1.43. The summed E-state index contributed by atoms with van der Waals surface area (Å²) in [5, 5.41) is 6.01. The Balaban J connectivity index is 1.80. The van der Waals surface area contributed by atoms with E-state index in [-0.39, 0.29) is 5.91 Å². The Morgan fingerprint density at radius 1 is 0.950 bits per heavy atom. The highest BCUT2D eigenvalue weighted by Gasteiger charge is 2.00. The van der Waals surface area contributed by atoms with Gasteiger partial charge in [-0.3, -0.25) is 4.79 Å². The van der Waals surface area contributed by atoms with Crippen LogP contribution in [0.5, 0.6) is 0 Å². The Morgan fingerprint density at radius 3 is 2.30 bits per heavy atom. The molecule has 0 fully saturated rings. The Labute approximate surface area is 120 Å². The zero-order valence-electron chi connectivity index (χ0n) is 11.7. The summed E-state index contributed by atoms with van der Waals surface area (Å²) in [6, 6.07) is 18.4. The standard InChI is InChI=1S/C17H20N2O/c1-18-17(20)13-15-7-9-16(10-8-15)19-12-11-14-5-3-2-4-6-14/h2-10,19H,11-13H2,1H3,(H,18,20). The maximum absolute atomic E-state index is 11.3. The molecule has 0 aliphatic heterocycles. The van der Waals surface area contributed by atoms with Crippen LogP contribution in [0.25, 0.3) is 0 Å². The van der Waals surface area contributed by atoms with Gasteiger partial charge < -0.3 is 10.6 Å². The number of amides is 1. The fraction of sp³-hybridized carbons (Fsp3) is 0.235. The van der Waals surface area contributed by atoms with Crippen LogP contribution in [0.4, 0.5) is 5.69 Å². The first-order valence-corrected chi connectivity index (χ1v) is 6.85. The lowest BCUT2D eigenvalue weighted by Gasteiger charge is -2.07. The van der Waals surface area contributed by atoms with Crippen LogP contribution in [0.2, 0.25) is 0 Å². The molecule has 1 amide bonds. The minimum atomic E-state index is 0.0368. The van der Waals surface area contributed by atoms with Gasteiger partial charge in [-0.2, -0.15) is 0 Å². The Kier molecular flexibility index (Phi) is 5.18. The fourth-order valence-corrected chi connectivity index (χ4v) is 2.01. The minimum absolute atomic E-state index is 0.0368. The molecule has 0 atom stereocenters. The van der Waals surface area contributed by atoms with Crippen molar-refractivity contribution in [3.05, 3.63) is 65.7 Å². The second-order valence-electron chi connectivity index (χ2n) is 4.71. The highest BCUT2D eigenvalue weighted by Crippen LogP contribution is 2.10. The molecule has 2 rings (SSSR count). The first-order chi connectivity index (χ1) is 9.78. The predicted molar refractivity (Wildman–Crippen MR) is 82.8 cm³/mol. The normalized spacial score (nSPS) is 10.1. The SMILES string of the molecule is CNC(=O)Cc1ccc(NCCc2ccccc2)cc1. The molecule has 0 bridgehead atoms. The van der Waals surface area contributed by atoms with Gasteiger partial charge in [0.05, 0.1) is 6.42 Å². The van der Waals surface area contributed by atoms with Crippen molar-refractivity contribution in [3.63, 3.8) is 0 Å². The smallest absolute Gasteiger partial charge is 0.224 e. The molecule has 0 saturated carbocycles. The molecular weight excluding hydrogens is 248 g/mol. The third-order valence-corrected chi connectivity index (χ3v) is 3.18. The van der Waals surface area contributed by atoms with Crippen molar-refractivity contribution in [2.75, 3.05) is 18.9 Å². The highest BCUT2D eigenvalue weighted by molar-refractivity contribution is 5.78. The molecule has 104 valence electrons. The van der Waals surface area contributed by atoms with E-state index in [0.29, 0.717) is 6.42 Å². The van der Waals surface area contributed by atoms with Gasteiger partial charge in [-0.25, -0.2) is 0 Å². The van der Waals surface area contributed by atoms with E-state index in [1.54, 1.807) is 7.05 Å². The summed E-state index contributed by atoms with van der Waals surface area (Å²) >= 11 is 0. The molecule has 3 heteroatoms. The molecule has 2 N–H and O–H groups in total. The van der Waals surface area contributed by atoms with Gasteiger partial charge in [0.15, 0.2) is 0 Å². The molecule has 2 aromatic carbocycles. The third kappa shape index (κ3) is 4.43. The van der Waals surface area contributed by atoms with Crippen LogP contribution in [0.15, 0.2) is 54.6 Å². The van der Waals surface area contributed by atoms with E-state index >= 15 is 0 Å². The van der Waals surface area contributed by atoms with E-state index in [1.165, 1.54) is 5.56 Å². The molecule has 0 aromatic heterocycles. The van der Waals surface area contributed by atoms with Gasteiger partial charge in [0.1, 0.15) is 0 Å². The second kappa shape index (κ2) is 7.34. The van der Waals surface area contributed by atoms with E-state index in [1.807, 2.05) is 30.3 Å². The monoisotopic (exact) mass is 268 g/mol. The van der Waals surface area contributed by atoms with Crippen LogP contribution in [0.3, 0.4) is 0 Å². The van der Waals surface area contributed by atoms with Crippen LogP contribution in [0, 0.1) is 0 Å². The molecule has 20 heavy (non-hydrogen) atoms. The van der Waals surface area contributed by atoms with E-state index in [4.69, 9.17) is 0 Å². The zero-order chi connectivity index (χ0) is 14.2. The molecule has 2 aromatic rings. The van der Waals surface area contributed by atoms with Gasteiger partial charge in [-0.15, -0.1) is 0 Å². The van der Waals surface area contributed by atoms with E-state index in [0.717, 1.165) is 24.2 Å². The molecule has 0 unspecified atom stereocenters. The van der Waals surface area contributed by atoms with Crippen molar-refractivity contribution in [3.8, 4) is 0 Å². The van der Waals surface area contributed by atoms with Gasteiger partial charge in [0, 0.05) is 19.3 Å². The Bertz CT molecular complexity index is 535. The van der Waals surface area contributed by atoms with Crippen molar-refractivity contribution in [2.45, 2.75) is 12.8 Å². The first-order valence-electron chi connectivity index (χ1n) is 6.85. The van der Waals surface area contributed by atoms with E-state index < -0.39 is 0 Å². The zero-order valence-corrected chi connectivity index (χ0v) is 11.7. The summed E-state index contributed by atoms with van der Waals surface area (Å²) in [4.78, 5) is 11.3. The largest absolute Gasteiger partial charge is 0.385 e. The summed E-state index contributed by atoms with van der Waals surface area (Å²) in [6.45, 7) is 0.902. The molecule has 3 nitrogen and oxygen atoms in total. The second-order valence-corrected chi connectivity index (χ2v) is 4.71. The number of hydrogen-bond acceptors (Lipinski definition) is 2. The lowest BCUT2D eigenvalue weighted by molar-refractivity contribution is -0.119. The van der Waals surface area contributed by atoms with Gasteiger partial charge in [-0.05, 0) is 29.7 Å². The van der Waals surface area contributed by atoms with Gasteiger partial charge >= 0.3 is 0 Å². The Morgan fingerprint density at radius 2 is 1.65 bits per heavy atom. The number of likely N-dealkylation sites (N-methyl/N-ethyl adjacent to an activating group) is 1. The number of carbonyl (C=O) groups excluding carboxylic acids is 1. The molecule has 0 radical (unpaired) electrons. The van der Waals surface area contributed by atoms with Crippen molar-refractivity contribution in [2.24, 2.45) is 0 Å². The molecule has 0 saturated heterocycles. The Hall–Kier alpha value is -2.29. The molecule has 0 spiro atoms. The minimum Gasteiger partial charge on any atom is -0.385 e. The summed E-state index contributed by atoms with van der Waals surface area (Å²) in [5.41, 5.74) is 3.44. The van der Waals surface area contributed by atoms with Crippen molar-refractivity contribution in [1.82, 2.24) is 5.32 Å². The summed E-state index contributed by atoms with van der Waals surface area (Å²) in [5.74, 6) is 0.0368. The molecule has 0 heterocycles. The maximum atomic E-state index is 11.3. The molecule has 0 aliphatic rings. The van der Waals surface area contributed by atoms with Crippen LogP contribution < -0.4 is 10.6 Å². The quantitative estimate of drug-likeness (QED) is 0.845. The predicted octanol–water partition coefficient (Wildman–Crippen LogP) is 2.63. The number of benzene rings is 2. The van der Waals surface area contributed by atoms with Crippen molar-refractivity contribution in [1.29, 1.82) is 0 Å². The van der Waals surface area contributed by atoms with Crippen LogP contribution in [0.1, 0.15) is 11.1 Å². The van der Waals surface area contributed by atoms with E-state index in [2.05, 4.69) is 34.9 Å². The number of nitrogens with one attached hydrogen (secondary N) is 2.